The number of nitrogens with two attached hydrogens (primary N) is 1. The molecule has 0 aliphatic carbocycles. The topological polar surface area (TPSA) is 57.2 Å². The van der Waals surface area contributed by atoms with Crippen LogP contribution in [-0.4, -0.2) is 17.1 Å². The number of carbonyl (C=O) groups excluding carboxylic acids is 1. The van der Waals surface area contributed by atoms with Crippen molar-refractivity contribution in [3.05, 3.63) is 37.9 Å². The van der Waals surface area contributed by atoms with Crippen molar-refractivity contribution >= 4 is 46.9 Å². The van der Waals surface area contributed by atoms with E-state index in [1.165, 1.54) is 22.8 Å². The van der Waals surface area contributed by atoms with E-state index in [2.05, 4.69) is 0 Å². The molecule has 2 aromatic rings. The Morgan fingerprint density at radius 3 is 2.90 bits per heavy atom. The first-order chi connectivity index (χ1) is 9.45. The van der Waals surface area contributed by atoms with Crippen LogP contribution in [0.1, 0.15) is 16.6 Å². The van der Waals surface area contributed by atoms with Gasteiger partial charge in [0, 0.05) is 0 Å². The Bertz CT molecular complexity index is 727. The third-order valence-corrected chi connectivity index (χ3v) is 4.13. The van der Waals surface area contributed by atoms with E-state index in [4.69, 9.17) is 34.3 Å². The number of halogens is 2. The number of benzene rings is 1. The molecule has 0 aliphatic rings. The number of nitrogen functional groups attached to an aromatic ring is 1. The number of carbonyl (C=O) groups is 1. The van der Waals surface area contributed by atoms with E-state index in [1.54, 1.807) is 6.92 Å². The summed E-state index contributed by atoms with van der Waals surface area (Å²) in [5.41, 5.74) is 6.42. The maximum atomic E-state index is 13.2. The van der Waals surface area contributed by atoms with Crippen LogP contribution in [0.2, 0.25) is 5.02 Å². The van der Waals surface area contributed by atoms with Gasteiger partial charge in [0.2, 0.25) is 0 Å². The van der Waals surface area contributed by atoms with Crippen LogP contribution in [0.4, 0.5) is 10.2 Å². The zero-order valence-electron chi connectivity index (χ0n) is 10.4. The Kier molecular flexibility index (Phi) is 4.42. The molecule has 0 radical (unpaired) electrons. The van der Waals surface area contributed by atoms with Crippen molar-refractivity contribution in [2.24, 2.45) is 0 Å². The molecule has 2 rings (SSSR count). The van der Waals surface area contributed by atoms with Crippen LogP contribution in [0.15, 0.2) is 18.2 Å². The van der Waals surface area contributed by atoms with Crippen LogP contribution < -0.4 is 5.73 Å². The van der Waals surface area contributed by atoms with E-state index in [0.29, 0.717) is 9.64 Å². The largest absolute Gasteiger partial charge is 0.462 e. The molecule has 0 aliphatic heterocycles. The molecule has 2 N–H and O–H groups in total. The number of hydrogen-bond acceptors (Lipinski definition) is 5. The number of ether oxygens (including phenoxy) is 1. The highest BCUT2D eigenvalue weighted by Gasteiger charge is 2.19. The minimum Gasteiger partial charge on any atom is -0.462 e. The number of thiazole rings is 1. The standard InChI is InChI=1S/C12H10ClFN2O2S2/c1-2-18-11(17)9-10(15)16(12(19)20-9)6-3-4-8(14)7(13)5-6/h3-5H,2,15H2,1H3. The molecule has 20 heavy (non-hydrogen) atoms. The normalized spacial score (nSPS) is 10.6. The molecule has 4 nitrogen and oxygen atoms in total. The monoisotopic (exact) mass is 332 g/mol. The van der Waals surface area contributed by atoms with E-state index in [9.17, 15) is 9.18 Å². The van der Waals surface area contributed by atoms with Crippen molar-refractivity contribution < 1.29 is 13.9 Å². The number of hydrogen-bond donors (Lipinski definition) is 1. The maximum absolute atomic E-state index is 13.2. The van der Waals surface area contributed by atoms with E-state index >= 15 is 0 Å². The summed E-state index contributed by atoms with van der Waals surface area (Å²) in [6.45, 7) is 1.94. The van der Waals surface area contributed by atoms with Crippen LogP contribution in [-0.2, 0) is 4.74 Å². The Balaban J connectivity index is 2.55. The molecule has 0 fully saturated rings. The summed E-state index contributed by atoms with van der Waals surface area (Å²) in [4.78, 5) is 12.0. The summed E-state index contributed by atoms with van der Waals surface area (Å²) in [5.74, 6) is -0.921. The first-order valence-electron chi connectivity index (χ1n) is 5.59. The second-order valence-corrected chi connectivity index (χ2v) is 5.79. The molecule has 0 spiro atoms. The Morgan fingerprint density at radius 2 is 2.30 bits per heavy atom. The lowest BCUT2D eigenvalue weighted by atomic mass is 10.3. The van der Waals surface area contributed by atoms with Gasteiger partial charge >= 0.3 is 5.97 Å². The predicted molar refractivity (Wildman–Crippen MR) is 79.8 cm³/mol. The molecule has 8 heteroatoms. The SMILES string of the molecule is CCOC(=O)c1sc(=S)n(-c2ccc(F)c(Cl)c2)c1N. The molecular formula is C12H10ClFN2O2S2. The summed E-state index contributed by atoms with van der Waals surface area (Å²) < 4.78 is 19.9. The van der Waals surface area contributed by atoms with E-state index in [-0.39, 0.29) is 22.3 Å². The van der Waals surface area contributed by atoms with Crippen LogP contribution >= 0.6 is 35.2 Å². The number of aromatic nitrogens is 1. The number of rotatable bonds is 3. The Labute approximate surface area is 128 Å². The quantitative estimate of drug-likeness (QED) is 0.685. The van der Waals surface area contributed by atoms with E-state index in [1.807, 2.05) is 0 Å². The van der Waals surface area contributed by atoms with E-state index in [0.717, 1.165) is 11.3 Å². The van der Waals surface area contributed by atoms with Crippen LogP contribution in [0.3, 0.4) is 0 Å². The molecule has 0 saturated carbocycles. The second kappa shape index (κ2) is 5.90. The van der Waals surface area contributed by atoms with Gasteiger partial charge in [0.15, 0.2) is 8.83 Å². The van der Waals surface area contributed by atoms with Crippen LogP contribution in [0, 0.1) is 9.77 Å². The second-order valence-electron chi connectivity index (χ2n) is 3.74. The molecule has 0 bridgehead atoms. The van der Waals surface area contributed by atoms with Crippen LogP contribution in [0.5, 0.6) is 0 Å². The summed E-state index contributed by atoms with van der Waals surface area (Å²) in [6.07, 6.45) is 0. The van der Waals surface area contributed by atoms with Crippen LogP contribution in [0.25, 0.3) is 5.69 Å². The van der Waals surface area contributed by atoms with Gasteiger partial charge in [0.25, 0.3) is 0 Å². The predicted octanol–water partition coefficient (Wildman–Crippen LogP) is 3.82. The van der Waals surface area contributed by atoms with Gasteiger partial charge in [0.05, 0.1) is 17.3 Å². The van der Waals surface area contributed by atoms with Gasteiger partial charge in [-0.2, -0.15) is 0 Å². The molecule has 0 atom stereocenters. The van der Waals surface area contributed by atoms with Crippen molar-refractivity contribution in [2.45, 2.75) is 6.92 Å². The minimum absolute atomic E-state index is 0.0484. The number of nitrogens with zero attached hydrogens (tertiary/aromatic N) is 1. The van der Waals surface area contributed by atoms with Gasteiger partial charge in [-0.05, 0) is 37.3 Å². The maximum Gasteiger partial charge on any atom is 0.352 e. The zero-order chi connectivity index (χ0) is 14.9. The van der Waals surface area contributed by atoms with Crippen molar-refractivity contribution in [1.29, 1.82) is 0 Å². The Hall–Kier alpha value is -1.44. The molecule has 0 saturated heterocycles. The highest BCUT2D eigenvalue weighted by Crippen LogP contribution is 2.28. The molecule has 1 heterocycles. The van der Waals surface area contributed by atoms with Gasteiger partial charge < -0.3 is 10.5 Å². The smallest absolute Gasteiger partial charge is 0.352 e. The lowest BCUT2D eigenvalue weighted by Gasteiger charge is -2.07. The third-order valence-electron chi connectivity index (χ3n) is 2.47. The zero-order valence-corrected chi connectivity index (χ0v) is 12.7. The first kappa shape index (κ1) is 15.0. The summed E-state index contributed by atoms with van der Waals surface area (Å²) in [5, 5.41) is -0.0484. The van der Waals surface area contributed by atoms with Gasteiger partial charge in [-0.25, -0.2) is 9.18 Å². The molecule has 1 aromatic carbocycles. The van der Waals surface area contributed by atoms with Gasteiger partial charge in [-0.15, -0.1) is 0 Å². The average molecular weight is 333 g/mol. The summed E-state index contributed by atoms with van der Waals surface area (Å²) in [6, 6.07) is 4.08. The first-order valence-corrected chi connectivity index (χ1v) is 7.19. The van der Waals surface area contributed by atoms with Crippen molar-refractivity contribution in [2.75, 3.05) is 12.3 Å². The molecule has 0 unspecified atom stereocenters. The highest BCUT2D eigenvalue weighted by atomic mass is 35.5. The number of anilines is 1. The fourth-order valence-corrected chi connectivity index (χ4v) is 3.03. The van der Waals surface area contributed by atoms with Crippen molar-refractivity contribution in [1.82, 2.24) is 4.57 Å². The number of esters is 1. The van der Waals surface area contributed by atoms with Gasteiger partial charge in [-0.3, -0.25) is 4.57 Å². The lowest BCUT2D eigenvalue weighted by molar-refractivity contribution is 0.0533. The third kappa shape index (κ3) is 2.70. The van der Waals surface area contributed by atoms with Crippen molar-refractivity contribution in [3.8, 4) is 5.69 Å². The molecular weight excluding hydrogens is 323 g/mol. The van der Waals surface area contributed by atoms with Gasteiger partial charge in [0.1, 0.15) is 11.6 Å². The summed E-state index contributed by atoms with van der Waals surface area (Å²) in [7, 11) is 0. The highest BCUT2D eigenvalue weighted by molar-refractivity contribution is 7.73. The Morgan fingerprint density at radius 1 is 1.60 bits per heavy atom. The molecule has 1 aromatic heterocycles. The van der Waals surface area contributed by atoms with Crippen molar-refractivity contribution in [3.63, 3.8) is 0 Å². The lowest BCUT2D eigenvalue weighted by Crippen LogP contribution is -2.08. The van der Waals surface area contributed by atoms with E-state index < -0.39 is 11.8 Å². The minimum atomic E-state index is -0.540. The fourth-order valence-electron chi connectivity index (χ4n) is 1.60. The fraction of sp³-hybridized carbons (Fsp3) is 0.167. The molecule has 106 valence electrons. The van der Waals surface area contributed by atoms with Gasteiger partial charge in [-0.1, -0.05) is 22.9 Å². The average Bonchev–Trinajstić information content (AvgIpc) is 2.69. The summed E-state index contributed by atoms with van der Waals surface area (Å²) >= 11 is 12.0. The molecule has 0 amide bonds.